The molecule has 1 unspecified atom stereocenters. The monoisotopic (exact) mass is 498 g/mol. The van der Waals surface area contributed by atoms with Crippen LogP contribution in [0.2, 0.25) is 18.6 Å². The molecule has 7 nitrogen and oxygen atoms in total. The average Bonchev–Trinajstić information content (AvgIpc) is 2.87. The van der Waals surface area contributed by atoms with Gasteiger partial charge in [0.15, 0.2) is 0 Å². The Balaban J connectivity index is 1.67. The summed E-state index contributed by atoms with van der Waals surface area (Å²) in [6, 6.07) is 14.3. The zero-order valence-electron chi connectivity index (χ0n) is 21.4. The number of hydrogen-bond donors (Lipinski definition) is 2. The highest BCUT2D eigenvalue weighted by atomic mass is 28.3. The molecule has 2 aliphatic rings. The average molecular weight is 499 g/mol. The molecule has 0 radical (unpaired) electrons. The Hall–Kier alpha value is -2.39. The van der Waals surface area contributed by atoms with Crippen LogP contribution in [-0.4, -0.2) is 65.7 Å². The van der Waals surface area contributed by atoms with Crippen molar-refractivity contribution in [2.75, 3.05) is 45.4 Å². The molecule has 2 N–H and O–H groups in total. The Morgan fingerprint density at radius 3 is 2.57 bits per heavy atom. The molecule has 0 aromatic heterocycles. The molecule has 1 amide bonds. The molecule has 2 aliphatic heterocycles. The molecule has 0 aliphatic carbocycles. The van der Waals surface area contributed by atoms with Crippen molar-refractivity contribution in [1.82, 2.24) is 5.32 Å². The number of nitrogens with zero attached hydrogens (tertiary/aromatic N) is 1. The van der Waals surface area contributed by atoms with E-state index in [1.54, 1.807) is 14.2 Å². The smallest absolute Gasteiger partial charge is 0.240 e. The van der Waals surface area contributed by atoms with E-state index in [9.17, 15) is 9.90 Å². The molecule has 0 spiro atoms. The van der Waals surface area contributed by atoms with Crippen LogP contribution in [0.1, 0.15) is 25.0 Å². The molecule has 2 aromatic rings. The highest BCUT2D eigenvalue weighted by Gasteiger charge is 2.47. The minimum absolute atomic E-state index is 0.0723. The van der Waals surface area contributed by atoms with Crippen molar-refractivity contribution < 1.29 is 24.1 Å². The summed E-state index contributed by atoms with van der Waals surface area (Å²) >= 11 is 0. The quantitative estimate of drug-likeness (QED) is 0.545. The van der Waals surface area contributed by atoms with E-state index < -0.39 is 8.07 Å². The number of benzene rings is 2. The van der Waals surface area contributed by atoms with Crippen LogP contribution in [0.25, 0.3) is 0 Å². The first-order valence-electron chi connectivity index (χ1n) is 12.4. The van der Waals surface area contributed by atoms with Gasteiger partial charge in [-0.05, 0) is 42.3 Å². The van der Waals surface area contributed by atoms with Gasteiger partial charge in [0.25, 0.3) is 0 Å². The first-order chi connectivity index (χ1) is 16.8. The van der Waals surface area contributed by atoms with E-state index in [-0.39, 0.29) is 36.2 Å². The second kappa shape index (κ2) is 10.7. The fraction of sp³-hybridized carbons (Fsp3) is 0.519. The number of carbonyl (C=O) groups excluding carboxylic acids is 1. The lowest BCUT2D eigenvalue weighted by atomic mass is 9.86. The maximum atomic E-state index is 12.5. The number of anilines is 1. The Bertz CT molecular complexity index is 1030. The zero-order valence-corrected chi connectivity index (χ0v) is 22.4. The number of rotatable bonds is 8. The van der Waals surface area contributed by atoms with Gasteiger partial charge in [-0.1, -0.05) is 37.3 Å². The Morgan fingerprint density at radius 2 is 1.94 bits per heavy atom. The number of aliphatic hydroxyl groups excluding tert-OH is 1. The highest BCUT2D eigenvalue weighted by molar-refractivity contribution is 6.91. The standard InChI is InChI=1S/C27H38N2O5Si/c1-18-26(33-3)22-16-19(29-14-13-28-17-25(29)31)6-11-23(22)34-27(18)24(12-15-30)35(4,5)21-9-7-20(32-2)8-10-21/h6-11,16,18,24,26-28,30H,12-15,17H2,1-5H3/t18-,24?,26-,27-/m1/s1. The van der Waals surface area contributed by atoms with Crippen molar-refractivity contribution >= 4 is 24.9 Å². The zero-order chi connectivity index (χ0) is 25.2. The Kier molecular flexibility index (Phi) is 7.85. The SMILES string of the molecule is COc1ccc([Si](C)(C)C(CCO)[C@@H]2Oc3ccc(N4CCNCC4=O)cc3[C@H](OC)[C@H]2C)cc1. The van der Waals surface area contributed by atoms with Crippen molar-refractivity contribution in [1.29, 1.82) is 0 Å². The lowest BCUT2D eigenvalue weighted by Crippen LogP contribution is -2.54. The van der Waals surface area contributed by atoms with Crippen molar-refractivity contribution in [3.05, 3.63) is 48.0 Å². The van der Waals surface area contributed by atoms with Gasteiger partial charge in [-0.3, -0.25) is 4.79 Å². The topological polar surface area (TPSA) is 80.3 Å². The van der Waals surface area contributed by atoms with E-state index in [0.717, 1.165) is 29.3 Å². The number of piperazine rings is 1. The second-order valence-electron chi connectivity index (χ2n) is 10.1. The van der Waals surface area contributed by atoms with Gasteiger partial charge in [0.1, 0.15) is 17.6 Å². The summed E-state index contributed by atoms with van der Waals surface area (Å²) in [4.78, 5) is 14.3. The molecule has 1 fully saturated rings. The van der Waals surface area contributed by atoms with Crippen LogP contribution in [0.4, 0.5) is 5.69 Å². The van der Waals surface area contributed by atoms with Gasteiger partial charge < -0.3 is 29.5 Å². The van der Waals surface area contributed by atoms with Gasteiger partial charge in [0.05, 0.1) is 27.8 Å². The second-order valence-corrected chi connectivity index (χ2v) is 14.9. The van der Waals surface area contributed by atoms with E-state index >= 15 is 0 Å². The number of amides is 1. The minimum Gasteiger partial charge on any atom is -0.497 e. The first kappa shape index (κ1) is 25.7. The summed E-state index contributed by atoms with van der Waals surface area (Å²) in [6.07, 6.45) is 0.401. The summed E-state index contributed by atoms with van der Waals surface area (Å²) in [7, 11) is 1.35. The Labute approximate surface area is 209 Å². The predicted octanol–water partition coefficient (Wildman–Crippen LogP) is 3.08. The molecule has 2 heterocycles. The third-order valence-electron chi connectivity index (χ3n) is 7.81. The number of nitrogens with one attached hydrogen (secondary N) is 1. The molecule has 4 atom stereocenters. The van der Waals surface area contributed by atoms with Gasteiger partial charge in [0, 0.05) is 44.0 Å². The predicted molar refractivity (Wildman–Crippen MR) is 141 cm³/mol. The third-order valence-corrected chi connectivity index (χ3v) is 12.1. The van der Waals surface area contributed by atoms with Crippen molar-refractivity contribution in [2.45, 2.75) is 44.2 Å². The van der Waals surface area contributed by atoms with Crippen LogP contribution in [0, 0.1) is 5.92 Å². The summed E-state index contributed by atoms with van der Waals surface area (Å²) in [6.45, 7) is 8.76. The van der Waals surface area contributed by atoms with Gasteiger partial charge in [-0.25, -0.2) is 0 Å². The molecular weight excluding hydrogens is 460 g/mol. The number of carbonyl (C=O) groups is 1. The van der Waals surface area contributed by atoms with Crippen LogP contribution in [-0.2, 0) is 9.53 Å². The fourth-order valence-electron chi connectivity index (χ4n) is 5.72. The molecule has 190 valence electrons. The molecule has 2 aromatic carbocycles. The molecule has 0 bridgehead atoms. The number of methoxy groups -OCH3 is 2. The van der Waals surface area contributed by atoms with E-state index in [0.29, 0.717) is 19.5 Å². The van der Waals surface area contributed by atoms with Gasteiger partial charge in [0.2, 0.25) is 5.91 Å². The Morgan fingerprint density at radius 1 is 1.20 bits per heavy atom. The molecule has 0 saturated carbocycles. The van der Waals surface area contributed by atoms with Crippen LogP contribution in [0.3, 0.4) is 0 Å². The van der Waals surface area contributed by atoms with Crippen LogP contribution in [0.5, 0.6) is 11.5 Å². The lowest BCUT2D eigenvalue weighted by Gasteiger charge is -2.46. The minimum atomic E-state index is -2.06. The summed E-state index contributed by atoms with van der Waals surface area (Å²) in [5, 5.41) is 14.5. The maximum Gasteiger partial charge on any atom is 0.240 e. The third kappa shape index (κ3) is 4.98. The summed E-state index contributed by atoms with van der Waals surface area (Å²) < 4.78 is 18.1. The van der Waals surface area contributed by atoms with Crippen molar-refractivity contribution in [3.8, 4) is 11.5 Å². The van der Waals surface area contributed by atoms with Gasteiger partial charge >= 0.3 is 0 Å². The van der Waals surface area contributed by atoms with Gasteiger partial charge in [-0.15, -0.1) is 0 Å². The summed E-state index contributed by atoms with van der Waals surface area (Å²) in [5.74, 6) is 1.78. The fourth-order valence-corrected chi connectivity index (χ4v) is 9.22. The van der Waals surface area contributed by atoms with E-state index in [1.165, 1.54) is 5.19 Å². The van der Waals surface area contributed by atoms with Gasteiger partial charge in [-0.2, -0.15) is 0 Å². The lowest BCUT2D eigenvalue weighted by molar-refractivity contribution is -0.118. The summed E-state index contributed by atoms with van der Waals surface area (Å²) in [5.41, 5.74) is 2.04. The maximum absolute atomic E-state index is 12.5. The number of ether oxygens (including phenoxy) is 3. The number of aliphatic hydroxyl groups is 1. The van der Waals surface area contributed by atoms with Crippen LogP contribution >= 0.6 is 0 Å². The van der Waals surface area contributed by atoms with E-state index in [1.807, 2.05) is 35.2 Å². The molecular formula is C27H38N2O5Si. The van der Waals surface area contributed by atoms with Crippen LogP contribution < -0.4 is 24.9 Å². The molecule has 8 heteroatoms. The van der Waals surface area contributed by atoms with Crippen molar-refractivity contribution in [2.24, 2.45) is 5.92 Å². The number of hydrogen-bond acceptors (Lipinski definition) is 6. The van der Waals surface area contributed by atoms with Crippen molar-refractivity contribution in [3.63, 3.8) is 0 Å². The molecule has 1 saturated heterocycles. The van der Waals surface area contributed by atoms with Crippen LogP contribution in [0.15, 0.2) is 42.5 Å². The first-order valence-corrected chi connectivity index (χ1v) is 15.5. The highest BCUT2D eigenvalue weighted by Crippen LogP contribution is 2.47. The van der Waals surface area contributed by atoms with E-state index in [2.05, 4.69) is 37.5 Å². The largest absolute Gasteiger partial charge is 0.497 e. The normalized spacial score (nSPS) is 23.4. The number of fused-ring (bicyclic) bond motifs is 1. The molecule has 4 rings (SSSR count). The van der Waals surface area contributed by atoms with E-state index in [4.69, 9.17) is 14.2 Å². The molecule has 35 heavy (non-hydrogen) atoms.